The minimum absolute atomic E-state index is 0.163. The molecule has 0 atom stereocenters. The molecule has 118 valence electrons. The molecule has 0 spiro atoms. The summed E-state index contributed by atoms with van der Waals surface area (Å²) in [7, 11) is 0. The predicted molar refractivity (Wildman–Crippen MR) is 92.0 cm³/mol. The van der Waals surface area contributed by atoms with Crippen LogP contribution in [0.25, 0.3) is 27.8 Å². The van der Waals surface area contributed by atoms with Crippen LogP contribution in [0.15, 0.2) is 61.1 Å². The molecular weight excluding hydrogens is 304 g/mol. The SMILES string of the molecule is Nc1ncnc2c(-c3ccc(O)cc3)cn(-c3cccc(O)c3)c12. The zero-order chi connectivity index (χ0) is 16.7. The van der Waals surface area contributed by atoms with Gasteiger partial charge in [-0.3, -0.25) is 0 Å². The zero-order valence-electron chi connectivity index (χ0n) is 12.6. The topological polar surface area (TPSA) is 97.2 Å². The number of nitrogens with two attached hydrogens (primary N) is 1. The molecule has 0 amide bonds. The van der Waals surface area contributed by atoms with Crippen molar-refractivity contribution in [1.82, 2.24) is 14.5 Å². The third kappa shape index (κ3) is 2.21. The Balaban J connectivity index is 2.03. The molecule has 2 aromatic heterocycles. The number of fused-ring (bicyclic) bond motifs is 1. The number of phenolic OH excluding ortho intramolecular Hbond substituents is 2. The smallest absolute Gasteiger partial charge is 0.151 e. The molecule has 6 nitrogen and oxygen atoms in total. The minimum atomic E-state index is 0.163. The summed E-state index contributed by atoms with van der Waals surface area (Å²) in [4.78, 5) is 8.45. The summed E-state index contributed by atoms with van der Waals surface area (Å²) in [5.41, 5.74) is 9.97. The lowest BCUT2D eigenvalue weighted by Crippen LogP contribution is -1.98. The molecule has 0 fully saturated rings. The first-order valence-electron chi connectivity index (χ1n) is 7.34. The minimum Gasteiger partial charge on any atom is -0.508 e. The van der Waals surface area contributed by atoms with Crippen molar-refractivity contribution in [3.05, 3.63) is 61.1 Å². The van der Waals surface area contributed by atoms with Gasteiger partial charge < -0.3 is 20.5 Å². The number of benzene rings is 2. The Morgan fingerprint density at radius 2 is 1.71 bits per heavy atom. The lowest BCUT2D eigenvalue weighted by atomic mass is 10.1. The van der Waals surface area contributed by atoms with Gasteiger partial charge in [0, 0.05) is 23.5 Å². The molecule has 0 bridgehead atoms. The molecule has 2 heterocycles. The molecule has 0 aliphatic rings. The van der Waals surface area contributed by atoms with E-state index in [2.05, 4.69) is 9.97 Å². The third-order valence-corrected chi connectivity index (χ3v) is 3.89. The summed E-state index contributed by atoms with van der Waals surface area (Å²) >= 11 is 0. The van der Waals surface area contributed by atoms with Gasteiger partial charge in [-0.25, -0.2) is 9.97 Å². The fraction of sp³-hybridized carbons (Fsp3) is 0. The number of rotatable bonds is 2. The van der Waals surface area contributed by atoms with E-state index in [1.807, 2.05) is 29.0 Å². The van der Waals surface area contributed by atoms with Gasteiger partial charge in [0.15, 0.2) is 5.82 Å². The van der Waals surface area contributed by atoms with Crippen LogP contribution >= 0.6 is 0 Å². The Bertz CT molecular complexity index is 1040. The van der Waals surface area contributed by atoms with Gasteiger partial charge >= 0.3 is 0 Å². The van der Waals surface area contributed by atoms with Gasteiger partial charge in [0.1, 0.15) is 28.9 Å². The van der Waals surface area contributed by atoms with Gasteiger partial charge in [-0.15, -0.1) is 0 Å². The average molecular weight is 318 g/mol. The van der Waals surface area contributed by atoms with Crippen LogP contribution < -0.4 is 5.73 Å². The van der Waals surface area contributed by atoms with E-state index in [-0.39, 0.29) is 11.5 Å². The van der Waals surface area contributed by atoms with Crippen LogP contribution in [-0.4, -0.2) is 24.7 Å². The van der Waals surface area contributed by atoms with Crippen molar-refractivity contribution in [3.8, 4) is 28.3 Å². The largest absolute Gasteiger partial charge is 0.508 e. The Morgan fingerprint density at radius 1 is 0.917 bits per heavy atom. The van der Waals surface area contributed by atoms with Crippen molar-refractivity contribution in [1.29, 1.82) is 0 Å². The highest BCUT2D eigenvalue weighted by atomic mass is 16.3. The molecule has 0 radical (unpaired) electrons. The van der Waals surface area contributed by atoms with E-state index in [1.54, 1.807) is 30.3 Å². The predicted octanol–water partition coefficient (Wildman–Crippen LogP) is 3.08. The van der Waals surface area contributed by atoms with E-state index in [4.69, 9.17) is 5.73 Å². The van der Waals surface area contributed by atoms with Crippen LogP contribution in [0.5, 0.6) is 11.5 Å². The lowest BCUT2D eigenvalue weighted by molar-refractivity contribution is 0.474. The molecule has 0 unspecified atom stereocenters. The lowest BCUT2D eigenvalue weighted by Gasteiger charge is -2.06. The molecule has 2 aromatic carbocycles. The summed E-state index contributed by atoms with van der Waals surface area (Å²) in [6, 6.07) is 13.8. The molecule has 0 saturated carbocycles. The number of anilines is 1. The van der Waals surface area contributed by atoms with Crippen molar-refractivity contribution in [2.45, 2.75) is 0 Å². The monoisotopic (exact) mass is 318 g/mol. The Morgan fingerprint density at radius 3 is 2.46 bits per heavy atom. The van der Waals surface area contributed by atoms with Crippen LogP contribution in [0.2, 0.25) is 0 Å². The first-order valence-corrected chi connectivity index (χ1v) is 7.34. The number of phenols is 2. The van der Waals surface area contributed by atoms with E-state index >= 15 is 0 Å². The van der Waals surface area contributed by atoms with Gasteiger partial charge in [0.25, 0.3) is 0 Å². The zero-order valence-corrected chi connectivity index (χ0v) is 12.6. The fourth-order valence-corrected chi connectivity index (χ4v) is 2.78. The highest BCUT2D eigenvalue weighted by Crippen LogP contribution is 2.34. The normalized spacial score (nSPS) is 11.0. The third-order valence-electron chi connectivity index (χ3n) is 3.89. The average Bonchev–Trinajstić information content (AvgIpc) is 2.97. The van der Waals surface area contributed by atoms with Gasteiger partial charge in [-0.1, -0.05) is 18.2 Å². The number of aromatic nitrogens is 3. The van der Waals surface area contributed by atoms with Crippen molar-refractivity contribution >= 4 is 16.9 Å². The van der Waals surface area contributed by atoms with Gasteiger partial charge in [-0.05, 0) is 29.8 Å². The van der Waals surface area contributed by atoms with Crippen molar-refractivity contribution < 1.29 is 10.2 Å². The van der Waals surface area contributed by atoms with E-state index in [0.717, 1.165) is 16.8 Å². The van der Waals surface area contributed by atoms with E-state index < -0.39 is 0 Å². The highest BCUT2D eigenvalue weighted by molar-refractivity contribution is 5.98. The van der Waals surface area contributed by atoms with Crippen LogP contribution in [-0.2, 0) is 0 Å². The summed E-state index contributed by atoms with van der Waals surface area (Å²) < 4.78 is 1.85. The second-order valence-electron chi connectivity index (χ2n) is 5.44. The van der Waals surface area contributed by atoms with Crippen LogP contribution in [0, 0.1) is 0 Å². The molecule has 24 heavy (non-hydrogen) atoms. The number of nitrogens with zero attached hydrogens (tertiary/aromatic N) is 3. The maximum atomic E-state index is 9.77. The second kappa shape index (κ2) is 5.27. The van der Waals surface area contributed by atoms with Gasteiger partial charge in [0.2, 0.25) is 0 Å². The van der Waals surface area contributed by atoms with Crippen LogP contribution in [0.4, 0.5) is 5.82 Å². The Labute approximate surface area is 137 Å². The quantitative estimate of drug-likeness (QED) is 0.528. The summed E-state index contributed by atoms with van der Waals surface area (Å²) in [5.74, 6) is 0.717. The highest BCUT2D eigenvalue weighted by Gasteiger charge is 2.16. The number of hydrogen-bond donors (Lipinski definition) is 3. The van der Waals surface area contributed by atoms with Crippen molar-refractivity contribution in [2.24, 2.45) is 0 Å². The molecule has 4 N–H and O–H groups in total. The van der Waals surface area contributed by atoms with E-state index in [0.29, 0.717) is 16.9 Å². The summed E-state index contributed by atoms with van der Waals surface area (Å²) in [6.45, 7) is 0. The molecule has 0 aliphatic heterocycles. The molecular formula is C18H14N4O2. The first kappa shape index (κ1) is 14.1. The maximum absolute atomic E-state index is 9.77. The summed E-state index contributed by atoms with van der Waals surface area (Å²) in [6.07, 6.45) is 3.32. The Kier molecular flexibility index (Phi) is 3.09. The van der Waals surface area contributed by atoms with Crippen molar-refractivity contribution in [3.63, 3.8) is 0 Å². The molecule has 6 heteroatoms. The molecule has 4 aromatic rings. The van der Waals surface area contributed by atoms with E-state index in [9.17, 15) is 10.2 Å². The van der Waals surface area contributed by atoms with E-state index in [1.165, 1.54) is 6.33 Å². The molecule has 0 saturated heterocycles. The van der Waals surface area contributed by atoms with Gasteiger partial charge in [-0.2, -0.15) is 0 Å². The van der Waals surface area contributed by atoms with Crippen LogP contribution in [0.1, 0.15) is 0 Å². The van der Waals surface area contributed by atoms with Crippen molar-refractivity contribution in [2.75, 3.05) is 5.73 Å². The number of aromatic hydroxyl groups is 2. The van der Waals surface area contributed by atoms with Crippen LogP contribution in [0.3, 0.4) is 0 Å². The number of hydrogen-bond acceptors (Lipinski definition) is 5. The standard InChI is InChI=1S/C18H14N4O2/c19-18-17-16(20-10-21-18)15(11-4-6-13(23)7-5-11)9-22(17)12-2-1-3-14(24)8-12/h1-10,23-24H,(H2,19,20,21). The number of nitrogen functional groups attached to an aromatic ring is 1. The maximum Gasteiger partial charge on any atom is 0.151 e. The molecule has 4 rings (SSSR count). The first-order chi connectivity index (χ1) is 11.6. The second-order valence-corrected chi connectivity index (χ2v) is 5.44. The van der Waals surface area contributed by atoms with Gasteiger partial charge in [0.05, 0.1) is 0 Å². The summed E-state index contributed by atoms with van der Waals surface area (Å²) in [5, 5.41) is 19.3. The fourth-order valence-electron chi connectivity index (χ4n) is 2.78. The molecule has 0 aliphatic carbocycles. The Hall–Kier alpha value is -3.54.